The first kappa shape index (κ1) is 14.3. The summed E-state index contributed by atoms with van der Waals surface area (Å²) in [5, 5.41) is 22.4. The van der Waals surface area contributed by atoms with Crippen LogP contribution in [0.25, 0.3) is 0 Å². The van der Waals surface area contributed by atoms with E-state index in [1.165, 1.54) is 6.07 Å². The molecule has 6 heteroatoms. The molecule has 1 N–H and O–H groups in total. The van der Waals surface area contributed by atoms with Crippen molar-refractivity contribution in [2.75, 3.05) is 11.9 Å². The van der Waals surface area contributed by atoms with Gasteiger partial charge in [0, 0.05) is 12.6 Å². The summed E-state index contributed by atoms with van der Waals surface area (Å²) in [6.07, 6.45) is 0. The van der Waals surface area contributed by atoms with Crippen LogP contribution in [0.1, 0.15) is 5.56 Å². The van der Waals surface area contributed by atoms with Gasteiger partial charge in [0.05, 0.1) is 4.92 Å². The van der Waals surface area contributed by atoms with E-state index in [0.717, 1.165) is 5.56 Å². The Bertz CT molecular complexity index is 663. The fourth-order valence-corrected chi connectivity index (χ4v) is 1.80. The summed E-state index contributed by atoms with van der Waals surface area (Å²) in [7, 11) is 0. The molecule has 0 amide bonds. The molecular formula is C15H13N3O3. The highest BCUT2D eigenvalue weighted by atomic mass is 16.6. The number of benzene rings is 2. The number of hydrogen-bond donors (Lipinski definition) is 1. The van der Waals surface area contributed by atoms with Crippen LogP contribution in [0.4, 0.5) is 11.4 Å². The zero-order valence-corrected chi connectivity index (χ0v) is 11.2. The maximum absolute atomic E-state index is 10.9. The number of nitrogens with one attached hydrogen (secondary N) is 1. The number of rotatable bonds is 6. The second-order valence-electron chi connectivity index (χ2n) is 4.22. The molecule has 0 saturated heterocycles. The first-order valence-corrected chi connectivity index (χ1v) is 6.26. The van der Waals surface area contributed by atoms with Crippen molar-refractivity contribution in [2.45, 2.75) is 6.54 Å². The molecule has 0 fully saturated rings. The largest absolute Gasteiger partial charge is 0.479 e. The number of nitriles is 1. The monoisotopic (exact) mass is 283 g/mol. The Balaban J connectivity index is 2.00. The summed E-state index contributed by atoms with van der Waals surface area (Å²) in [5.41, 5.74) is 1.48. The molecule has 0 bridgehead atoms. The Morgan fingerprint density at radius 3 is 2.57 bits per heavy atom. The minimum absolute atomic E-state index is 0.00774. The highest BCUT2D eigenvalue weighted by Crippen LogP contribution is 2.24. The molecule has 6 nitrogen and oxygen atoms in total. The predicted molar refractivity (Wildman–Crippen MR) is 78.0 cm³/mol. The Morgan fingerprint density at radius 1 is 1.19 bits per heavy atom. The molecular weight excluding hydrogens is 270 g/mol. The number of hydrogen-bond acceptors (Lipinski definition) is 5. The van der Waals surface area contributed by atoms with E-state index in [0.29, 0.717) is 18.0 Å². The van der Waals surface area contributed by atoms with Gasteiger partial charge in [0.1, 0.15) is 17.5 Å². The normalized spacial score (nSPS) is 9.67. The van der Waals surface area contributed by atoms with E-state index in [1.54, 1.807) is 30.3 Å². The summed E-state index contributed by atoms with van der Waals surface area (Å²) in [4.78, 5) is 10.5. The van der Waals surface area contributed by atoms with Crippen molar-refractivity contribution in [3.05, 3.63) is 64.2 Å². The van der Waals surface area contributed by atoms with Crippen LogP contribution < -0.4 is 10.1 Å². The van der Waals surface area contributed by atoms with Crippen LogP contribution in [0.2, 0.25) is 0 Å². The van der Waals surface area contributed by atoms with Crippen LogP contribution in [0.15, 0.2) is 48.5 Å². The van der Waals surface area contributed by atoms with E-state index >= 15 is 0 Å². The molecule has 0 unspecified atom stereocenters. The molecule has 0 aromatic heterocycles. The predicted octanol–water partition coefficient (Wildman–Crippen LogP) is 3.11. The molecule has 0 aliphatic rings. The lowest BCUT2D eigenvalue weighted by atomic mass is 10.2. The fraction of sp³-hybridized carbons (Fsp3) is 0.133. The molecule has 21 heavy (non-hydrogen) atoms. The quantitative estimate of drug-likeness (QED) is 0.650. The van der Waals surface area contributed by atoms with Gasteiger partial charge < -0.3 is 10.1 Å². The third-order valence-corrected chi connectivity index (χ3v) is 2.81. The summed E-state index contributed by atoms with van der Waals surface area (Å²) in [5.74, 6) is 0.617. The average Bonchev–Trinajstić information content (AvgIpc) is 2.52. The van der Waals surface area contributed by atoms with Crippen molar-refractivity contribution in [3.8, 4) is 11.8 Å². The van der Waals surface area contributed by atoms with Gasteiger partial charge in [-0.05, 0) is 23.8 Å². The van der Waals surface area contributed by atoms with E-state index in [2.05, 4.69) is 5.32 Å². The van der Waals surface area contributed by atoms with Gasteiger partial charge in [-0.2, -0.15) is 5.26 Å². The van der Waals surface area contributed by atoms with E-state index in [4.69, 9.17) is 10.00 Å². The lowest BCUT2D eigenvalue weighted by Crippen LogP contribution is -2.02. The second-order valence-corrected chi connectivity index (χ2v) is 4.22. The maximum Gasteiger partial charge on any atom is 0.292 e. The lowest BCUT2D eigenvalue weighted by Gasteiger charge is -2.08. The molecule has 2 aromatic carbocycles. The van der Waals surface area contributed by atoms with E-state index in [-0.39, 0.29) is 12.3 Å². The van der Waals surface area contributed by atoms with Gasteiger partial charge >= 0.3 is 0 Å². The number of anilines is 1. The highest BCUT2D eigenvalue weighted by Gasteiger charge is 2.11. The zero-order valence-electron chi connectivity index (χ0n) is 11.2. The van der Waals surface area contributed by atoms with Crippen molar-refractivity contribution < 1.29 is 9.66 Å². The standard InChI is InChI=1S/C15H13N3O3/c16-9-10-21-13-7-5-12(6-8-13)11-17-14-3-1-2-4-15(14)18(19)20/h1-8,17H,10-11H2. The fourth-order valence-electron chi connectivity index (χ4n) is 1.80. The zero-order chi connectivity index (χ0) is 15.1. The van der Waals surface area contributed by atoms with E-state index in [9.17, 15) is 10.1 Å². The lowest BCUT2D eigenvalue weighted by molar-refractivity contribution is -0.384. The summed E-state index contributed by atoms with van der Waals surface area (Å²) < 4.78 is 5.15. The third kappa shape index (κ3) is 3.94. The van der Waals surface area contributed by atoms with Gasteiger partial charge in [-0.15, -0.1) is 0 Å². The van der Waals surface area contributed by atoms with Gasteiger partial charge in [-0.25, -0.2) is 0 Å². The van der Waals surface area contributed by atoms with Crippen molar-refractivity contribution in [1.29, 1.82) is 5.26 Å². The maximum atomic E-state index is 10.9. The third-order valence-electron chi connectivity index (χ3n) is 2.81. The van der Waals surface area contributed by atoms with Crippen LogP contribution in [0.5, 0.6) is 5.75 Å². The Labute approximate surface area is 121 Å². The number of nitro benzene ring substituents is 1. The van der Waals surface area contributed by atoms with Gasteiger partial charge in [-0.3, -0.25) is 10.1 Å². The Kier molecular flexibility index (Phi) is 4.72. The molecule has 0 atom stereocenters. The van der Waals surface area contributed by atoms with Crippen molar-refractivity contribution >= 4 is 11.4 Å². The summed E-state index contributed by atoms with van der Waals surface area (Å²) in [6, 6.07) is 15.6. The van der Waals surface area contributed by atoms with E-state index in [1.807, 2.05) is 18.2 Å². The molecule has 0 radical (unpaired) electrons. The molecule has 0 aliphatic carbocycles. The number of nitro groups is 1. The van der Waals surface area contributed by atoms with Crippen LogP contribution >= 0.6 is 0 Å². The minimum Gasteiger partial charge on any atom is -0.479 e. The van der Waals surface area contributed by atoms with Gasteiger partial charge in [0.2, 0.25) is 0 Å². The van der Waals surface area contributed by atoms with Crippen molar-refractivity contribution in [2.24, 2.45) is 0 Å². The number of para-hydroxylation sites is 2. The van der Waals surface area contributed by atoms with Crippen LogP contribution in [-0.4, -0.2) is 11.5 Å². The first-order valence-electron chi connectivity index (χ1n) is 6.26. The summed E-state index contributed by atoms with van der Waals surface area (Å²) in [6.45, 7) is 0.469. The molecule has 106 valence electrons. The summed E-state index contributed by atoms with van der Waals surface area (Å²) >= 11 is 0. The molecule has 2 rings (SSSR count). The van der Waals surface area contributed by atoms with E-state index < -0.39 is 4.92 Å². The highest BCUT2D eigenvalue weighted by molar-refractivity contribution is 5.61. The number of ether oxygens (including phenoxy) is 1. The average molecular weight is 283 g/mol. The van der Waals surface area contributed by atoms with Crippen molar-refractivity contribution in [1.82, 2.24) is 0 Å². The Morgan fingerprint density at radius 2 is 1.90 bits per heavy atom. The molecule has 2 aromatic rings. The number of nitrogens with zero attached hydrogens (tertiary/aromatic N) is 2. The van der Waals surface area contributed by atoms with Crippen LogP contribution in [0.3, 0.4) is 0 Å². The van der Waals surface area contributed by atoms with Gasteiger partial charge in [-0.1, -0.05) is 24.3 Å². The molecule has 0 heterocycles. The van der Waals surface area contributed by atoms with Crippen LogP contribution in [0, 0.1) is 21.4 Å². The molecule has 0 aliphatic heterocycles. The minimum atomic E-state index is -0.416. The van der Waals surface area contributed by atoms with Crippen molar-refractivity contribution in [3.63, 3.8) is 0 Å². The molecule has 0 saturated carbocycles. The smallest absolute Gasteiger partial charge is 0.292 e. The van der Waals surface area contributed by atoms with Crippen LogP contribution in [-0.2, 0) is 6.54 Å². The van der Waals surface area contributed by atoms with Gasteiger partial charge in [0.15, 0.2) is 6.61 Å². The van der Waals surface area contributed by atoms with Gasteiger partial charge in [0.25, 0.3) is 5.69 Å². The SMILES string of the molecule is N#CCOc1ccc(CNc2ccccc2[N+](=O)[O-])cc1. The topological polar surface area (TPSA) is 88.2 Å². The second kappa shape index (κ2) is 6.91. The molecule has 0 spiro atoms. The first-order chi connectivity index (χ1) is 10.2. The Hall–Kier alpha value is -3.07.